The standard InChI is InChI=1S/C5H13N3/c1-8(2)4-3-5(6)7/h3H,4,6-7H2,1-2H3. The first-order chi connectivity index (χ1) is 3.63. The zero-order valence-corrected chi connectivity index (χ0v) is 5.39. The van der Waals surface area contributed by atoms with E-state index < -0.39 is 0 Å². The lowest BCUT2D eigenvalue weighted by atomic mass is 10.5. The van der Waals surface area contributed by atoms with E-state index in [1.54, 1.807) is 6.08 Å². The molecule has 0 aromatic rings. The molecule has 0 heterocycles. The van der Waals surface area contributed by atoms with Gasteiger partial charge in [-0.25, -0.2) is 0 Å². The Morgan fingerprint density at radius 2 is 2.00 bits per heavy atom. The first-order valence-electron chi connectivity index (χ1n) is 2.48. The summed E-state index contributed by atoms with van der Waals surface area (Å²) in [5, 5.41) is 0. The Morgan fingerprint density at radius 1 is 1.50 bits per heavy atom. The molecular formula is C5H13N3. The molecule has 0 amide bonds. The molecule has 0 atom stereocenters. The molecule has 3 nitrogen and oxygen atoms in total. The smallest absolute Gasteiger partial charge is 0.0905 e. The van der Waals surface area contributed by atoms with Crippen molar-refractivity contribution in [1.29, 1.82) is 0 Å². The molecule has 0 spiro atoms. The third-order valence-electron chi connectivity index (χ3n) is 0.692. The van der Waals surface area contributed by atoms with Crippen LogP contribution in [0.2, 0.25) is 0 Å². The lowest BCUT2D eigenvalue weighted by molar-refractivity contribution is 0.455. The van der Waals surface area contributed by atoms with Crippen molar-refractivity contribution >= 4 is 0 Å². The molecule has 0 saturated carbocycles. The van der Waals surface area contributed by atoms with Crippen LogP contribution in [0.25, 0.3) is 0 Å². The van der Waals surface area contributed by atoms with Crippen LogP contribution < -0.4 is 11.5 Å². The van der Waals surface area contributed by atoms with E-state index >= 15 is 0 Å². The summed E-state index contributed by atoms with van der Waals surface area (Å²) < 4.78 is 0. The number of nitrogens with two attached hydrogens (primary N) is 2. The fraction of sp³-hybridized carbons (Fsp3) is 0.600. The zero-order chi connectivity index (χ0) is 6.57. The molecule has 0 bridgehead atoms. The highest BCUT2D eigenvalue weighted by molar-refractivity contribution is 4.90. The lowest BCUT2D eigenvalue weighted by Gasteiger charge is -2.03. The number of rotatable bonds is 2. The van der Waals surface area contributed by atoms with Gasteiger partial charge in [-0.05, 0) is 20.2 Å². The third kappa shape index (κ3) is 5.30. The van der Waals surface area contributed by atoms with E-state index in [0.717, 1.165) is 6.54 Å². The summed E-state index contributed by atoms with van der Waals surface area (Å²) in [5.41, 5.74) is 10.3. The van der Waals surface area contributed by atoms with Crippen molar-refractivity contribution in [2.45, 2.75) is 0 Å². The minimum absolute atomic E-state index is 0.388. The molecule has 0 saturated heterocycles. The van der Waals surface area contributed by atoms with E-state index in [0.29, 0.717) is 5.82 Å². The highest BCUT2D eigenvalue weighted by Crippen LogP contribution is 1.75. The van der Waals surface area contributed by atoms with Crippen molar-refractivity contribution in [2.75, 3.05) is 20.6 Å². The molecule has 0 radical (unpaired) electrons. The van der Waals surface area contributed by atoms with E-state index in [2.05, 4.69) is 0 Å². The van der Waals surface area contributed by atoms with E-state index in [-0.39, 0.29) is 0 Å². The minimum atomic E-state index is 0.388. The van der Waals surface area contributed by atoms with Crippen LogP contribution >= 0.6 is 0 Å². The van der Waals surface area contributed by atoms with E-state index in [1.165, 1.54) is 0 Å². The van der Waals surface area contributed by atoms with Crippen LogP contribution in [-0.2, 0) is 0 Å². The second-order valence-corrected chi connectivity index (χ2v) is 1.97. The van der Waals surface area contributed by atoms with Crippen LogP contribution in [0.15, 0.2) is 11.9 Å². The normalized spacial score (nSPS) is 9.38. The first kappa shape index (κ1) is 7.30. The molecule has 0 unspecified atom stereocenters. The maximum absolute atomic E-state index is 5.15. The minimum Gasteiger partial charge on any atom is -0.386 e. The van der Waals surface area contributed by atoms with Gasteiger partial charge < -0.3 is 16.4 Å². The van der Waals surface area contributed by atoms with Gasteiger partial charge in [-0.1, -0.05) is 0 Å². The summed E-state index contributed by atoms with van der Waals surface area (Å²) in [5.74, 6) is 0.388. The van der Waals surface area contributed by atoms with Crippen LogP contribution in [0.3, 0.4) is 0 Å². The maximum Gasteiger partial charge on any atom is 0.0905 e. The van der Waals surface area contributed by atoms with Gasteiger partial charge in [0.05, 0.1) is 5.82 Å². The number of likely N-dealkylation sites (N-methyl/N-ethyl adjacent to an activating group) is 1. The number of nitrogens with zero attached hydrogens (tertiary/aromatic N) is 1. The molecule has 0 aliphatic rings. The average molecular weight is 115 g/mol. The van der Waals surface area contributed by atoms with Gasteiger partial charge in [-0.2, -0.15) is 0 Å². The Morgan fingerprint density at radius 3 is 2.12 bits per heavy atom. The van der Waals surface area contributed by atoms with Gasteiger partial charge >= 0.3 is 0 Å². The molecule has 8 heavy (non-hydrogen) atoms. The predicted molar refractivity (Wildman–Crippen MR) is 35.0 cm³/mol. The zero-order valence-electron chi connectivity index (χ0n) is 5.39. The second-order valence-electron chi connectivity index (χ2n) is 1.97. The Kier molecular flexibility index (Phi) is 3.03. The molecule has 0 aromatic carbocycles. The Bertz CT molecular complexity index is 81.7. The molecule has 0 rings (SSSR count). The summed E-state index contributed by atoms with van der Waals surface area (Å²) in [6, 6.07) is 0. The van der Waals surface area contributed by atoms with E-state index in [4.69, 9.17) is 11.5 Å². The summed E-state index contributed by atoms with van der Waals surface area (Å²) in [6.07, 6.45) is 1.76. The Labute approximate surface area is 49.9 Å². The van der Waals surface area contributed by atoms with Crippen LogP contribution in [0.4, 0.5) is 0 Å². The first-order valence-corrected chi connectivity index (χ1v) is 2.48. The number of hydrogen-bond donors (Lipinski definition) is 2. The van der Waals surface area contributed by atoms with Crippen molar-refractivity contribution in [3.63, 3.8) is 0 Å². The molecule has 0 aliphatic carbocycles. The van der Waals surface area contributed by atoms with Crippen LogP contribution in [-0.4, -0.2) is 25.5 Å². The molecule has 0 aromatic heterocycles. The Balaban J connectivity index is 3.29. The molecule has 0 fully saturated rings. The van der Waals surface area contributed by atoms with Crippen molar-refractivity contribution in [3.8, 4) is 0 Å². The topological polar surface area (TPSA) is 55.3 Å². The van der Waals surface area contributed by atoms with Gasteiger partial charge in [0.2, 0.25) is 0 Å². The highest BCUT2D eigenvalue weighted by Gasteiger charge is 1.82. The summed E-state index contributed by atoms with van der Waals surface area (Å²) in [4.78, 5) is 1.99. The monoisotopic (exact) mass is 115 g/mol. The van der Waals surface area contributed by atoms with Crippen LogP contribution in [0, 0.1) is 0 Å². The average Bonchev–Trinajstić information content (AvgIpc) is 1.61. The number of hydrogen-bond acceptors (Lipinski definition) is 3. The molecule has 0 aliphatic heterocycles. The van der Waals surface area contributed by atoms with Crippen LogP contribution in [0.5, 0.6) is 0 Å². The van der Waals surface area contributed by atoms with Gasteiger partial charge in [0.15, 0.2) is 0 Å². The fourth-order valence-corrected chi connectivity index (χ4v) is 0.288. The molecule has 48 valence electrons. The summed E-state index contributed by atoms with van der Waals surface area (Å²) >= 11 is 0. The lowest BCUT2D eigenvalue weighted by Crippen LogP contribution is -2.15. The van der Waals surface area contributed by atoms with E-state index in [1.807, 2.05) is 19.0 Å². The second kappa shape index (κ2) is 3.32. The fourth-order valence-electron chi connectivity index (χ4n) is 0.288. The molecule has 3 heteroatoms. The highest BCUT2D eigenvalue weighted by atomic mass is 15.0. The largest absolute Gasteiger partial charge is 0.386 e. The molecule has 4 N–H and O–H groups in total. The Hall–Kier alpha value is -0.700. The van der Waals surface area contributed by atoms with Crippen molar-refractivity contribution in [2.24, 2.45) is 11.5 Å². The predicted octanol–water partition coefficient (Wildman–Crippen LogP) is -0.693. The van der Waals surface area contributed by atoms with Gasteiger partial charge in [-0.3, -0.25) is 0 Å². The van der Waals surface area contributed by atoms with E-state index in [9.17, 15) is 0 Å². The molecular weight excluding hydrogens is 102 g/mol. The summed E-state index contributed by atoms with van der Waals surface area (Å²) in [6.45, 7) is 0.808. The van der Waals surface area contributed by atoms with Gasteiger partial charge in [0, 0.05) is 6.54 Å². The van der Waals surface area contributed by atoms with Crippen molar-refractivity contribution < 1.29 is 0 Å². The summed E-state index contributed by atoms with van der Waals surface area (Å²) in [7, 11) is 3.92. The van der Waals surface area contributed by atoms with Crippen LogP contribution in [0.1, 0.15) is 0 Å². The van der Waals surface area contributed by atoms with Crippen molar-refractivity contribution in [3.05, 3.63) is 11.9 Å². The van der Waals surface area contributed by atoms with Gasteiger partial charge in [0.25, 0.3) is 0 Å². The SMILES string of the molecule is CN(C)CC=C(N)N. The third-order valence-corrected chi connectivity index (χ3v) is 0.692. The van der Waals surface area contributed by atoms with Crippen molar-refractivity contribution in [1.82, 2.24) is 4.90 Å². The maximum atomic E-state index is 5.15. The van der Waals surface area contributed by atoms with Gasteiger partial charge in [-0.15, -0.1) is 0 Å². The van der Waals surface area contributed by atoms with Gasteiger partial charge in [0.1, 0.15) is 0 Å². The quantitative estimate of drug-likeness (QED) is 0.500.